The average Bonchev–Trinajstić information content (AvgIpc) is 3.33. The van der Waals surface area contributed by atoms with Gasteiger partial charge in [0.25, 0.3) is 0 Å². The minimum absolute atomic E-state index is 0.0101. The fourth-order valence-electron chi connectivity index (χ4n) is 3.69. The number of amides is 1. The van der Waals surface area contributed by atoms with Crippen LogP contribution in [0.25, 0.3) is 0 Å². The third-order valence-corrected chi connectivity index (χ3v) is 4.83. The molecule has 126 valence electrons. The predicted molar refractivity (Wildman–Crippen MR) is 87.8 cm³/mol. The Kier molecular flexibility index (Phi) is 4.02. The van der Waals surface area contributed by atoms with Crippen LogP contribution in [0.3, 0.4) is 0 Å². The summed E-state index contributed by atoms with van der Waals surface area (Å²) in [5, 5.41) is 0. The van der Waals surface area contributed by atoms with Gasteiger partial charge in [-0.2, -0.15) is 0 Å². The van der Waals surface area contributed by atoms with Crippen LogP contribution in [0, 0.1) is 0 Å². The van der Waals surface area contributed by atoms with E-state index in [9.17, 15) is 4.79 Å². The summed E-state index contributed by atoms with van der Waals surface area (Å²) in [5.74, 6) is 2.38. The van der Waals surface area contributed by atoms with Crippen LogP contribution < -0.4 is 4.74 Å². The van der Waals surface area contributed by atoms with Crippen LogP contribution in [0.2, 0.25) is 0 Å². The highest BCUT2D eigenvalue weighted by atomic mass is 16.5. The van der Waals surface area contributed by atoms with E-state index in [-0.39, 0.29) is 17.9 Å². The molecule has 2 atom stereocenters. The van der Waals surface area contributed by atoms with E-state index in [0.29, 0.717) is 13.2 Å². The van der Waals surface area contributed by atoms with Gasteiger partial charge in [-0.15, -0.1) is 0 Å². The van der Waals surface area contributed by atoms with Crippen molar-refractivity contribution in [3.63, 3.8) is 0 Å². The molecule has 1 saturated heterocycles. The van der Waals surface area contributed by atoms with Gasteiger partial charge in [0.15, 0.2) is 0 Å². The molecule has 3 heterocycles. The molecule has 4 rings (SSSR count). The highest BCUT2D eigenvalue weighted by Gasteiger charge is 2.39. The summed E-state index contributed by atoms with van der Waals surface area (Å²) in [4.78, 5) is 15.1. The average molecular weight is 327 g/mol. The van der Waals surface area contributed by atoms with Crippen molar-refractivity contribution in [1.29, 1.82) is 0 Å². The monoisotopic (exact) mass is 327 g/mol. The fourth-order valence-corrected chi connectivity index (χ4v) is 3.69. The largest absolute Gasteiger partial charge is 0.492 e. The Morgan fingerprint density at radius 2 is 2.17 bits per heavy atom. The summed E-state index contributed by atoms with van der Waals surface area (Å²) >= 11 is 0. The Bertz CT molecular complexity index is 738. The van der Waals surface area contributed by atoms with E-state index in [2.05, 4.69) is 0 Å². The number of para-hydroxylation sites is 1. The lowest BCUT2D eigenvalue weighted by molar-refractivity contribution is -0.134. The van der Waals surface area contributed by atoms with Crippen molar-refractivity contribution >= 4 is 5.91 Å². The molecular weight excluding hydrogens is 306 g/mol. The molecule has 5 nitrogen and oxygen atoms in total. The molecule has 1 amide bonds. The van der Waals surface area contributed by atoms with Crippen LogP contribution in [-0.2, 0) is 16.1 Å². The van der Waals surface area contributed by atoms with Crippen molar-refractivity contribution in [1.82, 2.24) is 4.90 Å². The second-order valence-corrected chi connectivity index (χ2v) is 6.33. The van der Waals surface area contributed by atoms with E-state index in [1.165, 1.54) is 0 Å². The molecule has 2 aliphatic rings. The Morgan fingerprint density at radius 1 is 1.29 bits per heavy atom. The first kappa shape index (κ1) is 15.3. The molecule has 1 aromatic carbocycles. The molecule has 1 aromatic heterocycles. The van der Waals surface area contributed by atoms with Crippen molar-refractivity contribution in [3.05, 3.63) is 53.5 Å². The van der Waals surface area contributed by atoms with Crippen molar-refractivity contribution in [2.45, 2.75) is 31.4 Å². The number of ether oxygens (including phenoxy) is 2. The molecule has 0 radical (unpaired) electrons. The van der Waals surface area contributed by atoms with Gasteiger partial charge >= 0.3 is 0 Å². The van der Waals surface area contributed by atoms with E-state index < -0.39 is 0 Å². The normalized spacial score (nSPS) is 22.5. The number of likely N-dealkylation sites (tertiary alicyclic amines) is 1. The van der Waals surface area contributed by atoms with Gasteiger partial charge in [-0.1, -0.05) is 18.2 Å². The molecule has 2 aromatic rings. The topological polar surface area (TPSA) is 51.9 Å². The number of methoxy groups -OCH3 is 1. The lowest BCUT2D eigenvalue weighted by Crippen LogP contribution is -2.35. The van der Waals surface area contributed by atoms with Crippen LogP contribution in [0.1, 0.15) is 41.9 Å². The lowest BCUT2D eigenvalue weighted by Gasteiger charge is -2.25. The van der Waals surface area contributed by atoms with Crippen molar-refractivity contribution < 1.29 is 18.7 Å². The number of fused-ring (bicyclic) bond motifs is 1. The zero-order valence-corrected chi connectivity index (χ0v) is 13.7. The van der Waals surface area contributed by atoms with Crippen LogP contribution in [-0.4, -0.2) is 31.1 Å². The summed E-state index contributed by atoms with van der Waals surface area (Å²) in [6, 6.07) is 11.7. The number of rotatable bonds is 4. The van der Waals surface area contributed by atoms with Crippen LogP contribution in [0.5, 0.6) is 5.75 Å². The number of carbonyl (C=O) groups is 1. The molecule has 0 N–H and O–H groups in total. The Hall–Kier alpha value is -2.27. The number of carbonyl (C=O) groups excluding carboxylic acids is 1. The van der Waals surface area contributed by atoms with Crippen molar-refractivity contribution in [2.24, 2.45) is 0 Å². The number of benzene rings is 1. The smallest absolute Gasteiger partial charge is 0.234 e. The van der Waals surface area contributed by atoms with Crippen LogP contribution in [0.15, 0.2) is 40.8 Å². The lowest BCUT2D eigenvalue weighted by atomic mass is 9.99. The highest BCUT2D eigenvalue weighted by molar-refractivity contribution is 5.86. The molecule has 24 heavy (non-hydrogen) atoms. The number of hydrogen-bond donors (Lipinski definition) is 0. The molecule has 0 saturated carbocycles. The van der Waals surface area contributed by atoms with Crippen molar-refractivity contribution in [2.75, 3.05) is 20.3 Å². The number of nitrogens with zero attached hydrogens (tertiary/aromatic N) is 1. The minimum atomic E-state index is -0.213. The SMILES string of the molecule is COCc1ccc([C@@H]2CCCN2C(=O)[C@H]2COc3ccccc32)o1. The number of hydrogen-bond acceptors (Lipinski definition) is 4. The highest BCUT2D eigenvalue weighted by Crippen LogP contribution is 2.39. The maximum Gasteiger partial charge on any atom is 0.234 e. The third-order valence-electron chi connectivity index (χ3n) is 4.83. The van der Waals surface area contributed by atoms with Gasteiger partial charge in [0.05, 0.1) is 6.04 Å². The van der Waals surface area contributed by atoms with Crippen LogP contribution >= 0.6 is 0 Å². The van der Waals surface area contributed by atoms with E-state index in [4.69, 9.17) is 13.9 Å². The maximum absolute atomic E-state index is 13.1. The second kappa shape index (κ2) is 6.32. The zero-order chi connectivity index (χ0) is 16.5. The molecule has 0 unspecified atom stereocenters. The molecule has 5 heteroatoms. The second-order valence-electron chi connectivity index (χ2n) is 6.33. The fraction of sp³-hybridized carbons (Fsp3) is 0.421. The van der Waals surface area contributed by atoms with E-state index in [0.717, 1.165) is 42.2 Å². The Balaban J connectivity index is 1.55. The molecule has 0 bridgehead atoms. The molecule has 0 aliphatic carbocycles. The van der Waals surface area contributed by atoms with Gasteiger partial charge in [0.2, 0.25) is 5.91 Å². The predicted octanol–water partition coefficient (Wildman–Crippen LogP) is 3.27. The summed E-state index contributed by atoms with van der Waals surface area (Å²) in [6.07, 6.45) is 1.92. The van der Waals surface area contributed by atoms with Crippen molar-refractivity contribution in [3.8, 4) is 5.75 Å². The first-order chi connectivity index (χ1) is 11.8. The summed E-state index contributed by atoms with van der Waals surface area (Å²) in [5.41, 5.74) is 0.993. The standard InChI is InChI=1S/C19H21NO4/c1-22-11-13-8-9-18(24-13)16-6-4-10-20(16)19(21)15-12-23-17-7-3-2-5-14(15)17/h2-3,5,7-9,15-16H,4,6,10-12H2,1H3/t15-,16-/m0/s1. The van der Waals surface area contributed by atoms with Gasteiger partial charge < -0.3 is 18.8 Å². The van der Waals surface area contributed by atoms with E-state index >= 15 is 0 Å². The molecule has 1 fully saturated rings. The van der Waals surface area contributed by atoms with Gasteiger partial charge in [0, 0.05) is 19.2 Å². The zero-order valence-electron chi connectivity index (χ0n) is 13.7. The summed E-state index contributed by atoms with van der Waals surface area (Å²) < 4.78 is 16.7. The van der Waals surface area contributed by atoms with Gasteiger partial charge in [-0.25, -0.2) is 0 Å². The maximum atomic E-state index is 13.1. The number of furan rings is 1. The molecule has 2 aliphatic heterocycles. The molecule has 0 spiro atoms. The third kappa shape index (κ3) is 2.59. The van der Waals surface area contributed by atoms with Gasteiger partial charge in [-0.05, 0) is 31.0 Å². The summed E-state index contributed by atoms with van der Waals surface area (Å²) in [7, 11) is 1.64. The Morgan fingerprint density at radius 3 is 3.04 bits per heavy atom. The van der Waals surface area contributed by atoms with E-state index in [1.54, 1.807) is 7.11 Å². The van der Waals surface area contributed by atoms with Gasteiger partial charge in [0.1, 0.15) is 36.4 Å². The first-order valence-corrected chi connectivity index (χ1v) is 8.37. The first-order valence-electron chi connectivity index (χ1n) is 8.37. The van der Waals surface area contributed by atoms with E-state index in [1.807, 2.05) is 41.3 Å². The van der Waals surface area contributed by atoms with Crippen LogP contribution in [0.4, 0.5) is 0 Å². The molecular formula is C19H21NO4. The summed E-state index contributed by atoms with van der Waals surface area (Å²) in [6.45, 7) is 1.64. The Labute approximate surface area is 141 Å². The van der Waals surface area contributed by atoms with Gasteiger partial charge in [-0.3, -0.25) is 4.79 Å². The quantitative estimate of drug-likeness (QED) is 0.865. The minimum Gasteiger partial charge on any atom is -0.492 e.